The van der Waals surface area contributed by atoms with E-state index >= 15 is 0 Å². The molecule has 0 atom stereocenters. The van der Waals surface area contributed by atoms with Gasteiger partial charge in [-0.3, -0.25) is 0 Å². The lowest BCUT2D eigenvalue weighted by atomic mass is 10.0. The van der Waals surface area contributed by atoms with Crippen LogP contribution in [-0.2, 0) is 6.61 Å². The van der Waals surface area contributed by atoms with Crippen molar-refractivity contribution in [3.8, 4) is 5.75 Å². The number of benzene rings is 1. The molecule has 0 unspecified atom stereocenters. The van der Waals surface area contributed by atoms with Crippen LogP contribution in [0.5, 0.6) is 5.75 Å². The molecule has 0 fully saturated rings. The number of rotatable bonds is 4. The van der Waals surface area contributed by atoms with Crippen LogP contribution in [0.25, 0.3) is 0 Å². The number of ether oxygens (including phenoxy) is 1. The monoisotopic (exact) mass is 231 g/mol. The Morgan fingerprint density at radius 1 is 1.29 bits per heavy atom. The first-order valence-electron chi connectivity index (χ1n) is 5.80. The fourth-order valence-electron chi connectivity index (χ4n) is 1.73. The maximum absolute atomic E-state index is 5.78. The van der Waals surface area contributed by atoms with Crippen LogP contribution in [0.15, 0.2) is 34.9 Å². The second-order valence-corrected chi connectivity index (χ2v) is 4.41. The van der Waals surface area contributed by atoms with Crippen LogP contribution >= 0.6 is 0 Å². The number of aromatic nitrogens is 1. The summed E-state index contributed by atoms with van der Waals surface area (Å²) in [6, 6.07) is 9.98. The molecule has 0 aliphatic rings. The van der Waals surface area contributed by atoms with Gasteiger partial charge in [-0.1, -0.05) is 37.2 Å². The zero-order valence-corrected chi connectivity index (χ0v) is 10.4. The molecule has 1 aromatic heterocycles. The summed E-state index contributed by atoms with van der Waals surface area (Å²) in [4.78, 5) is 0. The second-order valence-electron chi connectivity index (χ2n) is 4.41. The first-order chi connectivity index (χ1) is 8.16. The molecular formula is C14H17NO2. The molecule has 0 saturated heterocycles. The number of para-hydroxylation sites is 1. The van der Waals surface area contributed by atoms with Gasteiger partial charge in [0.25, 0.3) is 0 Å². The summed E-state index contributed by atoms with van der Waals surface area (Å²) in [7, 11) is 0. The SMILES string of the molecule is Cc1cc(COc2ccccc2C(C)C)no1. The van der Waals surface area contributed by atoms with Crippen LogP contribution in [0.4, 0.5) is 0 Å². The Labute approximate surface area is 101 Å². The average molecular weight is 231 g/mol. The highest BCUT2D eigenvalue weighted by molar-refractivity contribution is 5.35. The van der Waals surface area contributed by atoms with Gasteiger partial charge in [0.15, 0.2) is 0 Å². The molecule has 0 bridgehead atoms. The smallest absolute Gasteiger partial charge is 0.134 e. The zero-order valence-electron chi connectivity index (χ0n) is 10.4. The van der Waals surface area contributed by atoms with Crippen molar-refractivity contribution < 1.29 is 9.26 Å². The Morgan fingerprint density at radius 3 is 2.71 bits per heavy atom. The van der Waals surface area contributed by atoms with Crippen molar-refractivity contribution in [3.05, 3.63) is 47.3 Å². The van der Waals surface area contributed by atoms with Gasteiger partial charge in [-0.25, -0.2) is 0 Å². The molecule has 0 saturated carbocycles. The molecule has 0 radical (unpaired) electrons. The molecule has 2 aromatic rings. The summed E-state index contributed by atoms with van der Waals surface area (Å²) in [6.07, 6.45) is 0. The van der Waals surface area contributed by atoms with Crippen molar-refractivity contribution in [2.24, 2.45) is 0 Å². The van der Waals surface area contributed by atoms with Gasteiger partial charge in [-0.15, -0.1) is 0 Å². The fraction of sp³-hybridized carbons (Fsp3) is 0.357. The Morgan fingerprint density at radius 2 is 2.06 bits per heavy atom. The van der Waals surface area contributed by atoms with Crippen LogP contribution in [0.3, 0.4) is 0 Å². The average Bonchev–Trinajstić information content (AvgIpc) is 2.73. The van der Waals surface area contributed by atoms with Crippen LogP contribution in [0.1, 0.15) is 36.8 Å². The Bertz CT molecular complexity index is 488. The Hall–Kier alpha value is -1.77. The molecule has 90 valence electrons. The van der Waals surface area contributed by atoms with E-state index in [2.05, 4.69) is 25.1 Å². The van der Waals surface area contributed by atoms with Gasteiger partial charge in [-0.2, -0.15) is 0 Å². The minimum absolute atomic E-state index is 0.446. The summed E-state index contributed by atoms with van der Waals surface area (Å²) in [6.45, 7) is 6.63. The first kappa shape index (κ1) is 11.7. The maximum atomic E-state index is 5.78. The molecule has 3 heteroatoms. The summed E-state index contributed by atoms with van der Waals surface area (Å²) >= 11 is 0. The van der Waals surface area contributed by atoms with Gasteiger partial charge in [-0.05, 0) is 24.5 Å². The van der Waals surface area contributed by atoms with Crippen molar-refractivity contribution in [2.45, 2.75) is 33.3 Å². The van der Waals surface area contributed by atoms with Crippen LogP contribution in [0.2, 0.25) is 0 Å². The van der Waals surface area contributed by atoms with E-state index in [1.807, 2.05) is 31.2 Å². The third-order valence-electron chi connectivity index (χ3n) is 2.59. The number of aryl methyl sites for hydroxylation is 1. The number of hydrogen-bond donors (Lipinski definition) is 0. The van der Waals surface area contributed by atoms with E-state index in [9.17, 15) is 0 Å². The molecule has 0 N–H and O–H groups in total. The van der Waals surface area contributed by atoms with Crippen LogP contribution in [0, 0.1) is 6.92 Å². The van der Waals surface area contributed by atoms with Crippen LogP contribution < -0.4 is 4.74 Å². The third-order valence-corrected chi connectivity index (χ3v) is 2.59. The van der Waals surface area contributed by atoms with E-state index < -0.39 is 0 Å². The lowest BCUT2D eigenvalue weighted by Gasteiger charge is -2.12. The second kappa shape index (κ2) is 5.04. The van der Waals surface area contributed by atoms with E-state index in [0.717, 1.165) is 17.2 Å². The van der Waals surface area contributed by atoms with Gasteiger partial charge >= 0.3 is 0 Å². The lowest BCUT2D eigenvalue weighted by molar-refractivity contribution is 0.284. The maximum Gasteiger partial charge on any atom is 0.134 e. The summed E-state index contributed by atoms with van der Waals surface area (Å²) < 4.78 is 10.8. The topological polar surface area (TPSA) is 35.3 Å². The van der Waals surface area contributed by atoms with E-state index in [0.29, 0.717) is 12.5 Å². The predicted molar refractivity (Wildman–Crippen MR) is 66.1 cm³/mol. The van der Waals surface area contributed by atoms with Crippen molar-refractivity contribution in [2.75, 3.05) is 0 Å². The van der Waals surface area contributed by atoms with Crippen molar-refractivity contribution in [1.82, 2.24) is 5.16 Å². The molecule has 0 spiro atoms. The van der Waals surface area contributed by atoms with Gasteiger partial charge in [0.1, 0.15) is 23.8 Å². The molecular weight excluding hydrogens is 214 g/mol. The Balaban J connectivity index is 2.08. The predicted octanol–water partition coefficient (Wildman–Crippen LogP) is 3.69. The van der Waals surface area contributed by atoms with Crippen molar-refractivity contribution >= 4 is 0 Å². The van der Waals surface area contributed by atoms with Crippen LogP contribution in [-0.4, -0.2) is 5.16 Å². The molecule has 1 aromatic carbocycles. The largest absolute Gasteiger partial charge is 0.487 e. The number of nitrogens with zero attached hydrogens (tertiary/aromatic N) is 1. The molecule has 17 heavy (non-hydrogen) atoms. The van der Waals surface area contributed by atoms with E-state index in [-0.39, 0.29) is 0 Å². The fourth-order valence-corrected chi connectivity index (χ4v) is 1.73. The molecule has 0 aliphatic carbocycles. The molecule has 3 nitrogen and oxygen atoms in total. The van der Waals surface area contributed by atoms with Gasteiger partial charge in [0, 0.05) is 6.07 Å². The highest BCUT2D eigenvalue weighted by atomic mass is 16.5. The van der Waals surface area contributed by atoms with Crippen molar-refractivity contribution in [3.63, 3.8) is 0 Å². The standard InChI is InChI=1S/C14H17NO2/c1-10(2)13-6-4-5-7-14(13)16-9-12-8-11(3)17-15-12/h4-8,10H,9H2,1-3H3. The third kappa shape index (κ3) is 2.87. The zero-order chi connectivity index (χ0) is 12.3. The minimum atomic E-state index is 0.446. The molecule has 1 heterocycles. The summed E-state index contributed by atoms with van der Waals surface area (Å²) in [5.74, 6) is 2.18. The van der Waals surface area contributed by atoms with E-state index in [1.54, 1.807) is 0 Å². The quantitative estimate of drug-likeness (QED) is 0.805. The van der Waals surface area contributed by atoms with E-state index in [4.69, 9.17) is 9.26 Å². The Kier molecular flexibility index (Phi) is 3.47. The molecule has 0 amide bonds. The normalized spacial score (nSPS) is 10.8. The number of hydrogen-bond acceptors (Lipinski definition) is 3. The highest BCUT2D eigenvalue weighted by Gasteiger charge is 2.08. The summed E-state index contributed by atoms with van der Waals surface area (Å²) in [5.41, 5.74) is 2.04. The molecule has 0 aliphatic heterocycles. The van der Waals surface area contributed by atoms with Gasteiger partial charge < -0.3 is 9.26 Å². The highest BCUT2D eigenvalue weighted by Crippen LogP contribution is 2.26. The first-order valence-corrected chi connectivity index (χ1v) is 5.80. The van der Waals surface area contributed by atoms with Gasteiger partial charge in [0.05, 0.1) is 0 Å². The van der Waals surface area contributed by atoms with E-state index in [1.165, 1.54) is 5.56 Å². The van der Waals surface area contributed by atoms with Gasteiger partial charge in [0.2, 0.25) is 0 Å². The minimum Gasteiger partial charge on any atom is -0.487 e. The molecule has 2 rings (SSSR count). The lowest BCUT2D eigenvalue weighted by Crippen LogP contribution is -1.99. The van der Waals surface area contributed by atoms with Crippen molar-refractivity contribution in [1.29, 1.82) is 0 Å². The summed E-state index contributed by atoms with van der Waals surface area (Å²) in [5, 5.41) is 3.91.